The summed E-state index contributed by atoms with van der Waals surface area (Å²) in [5, 5.41) is 0.326. The van der Waals surface area contributed by atoms with Crippen LogP contribution in [-0.2, 0) is 9.84 Å². The van der Waals surface area contributed by atoms with Crippen molar-refractivity contribution in [2.24, 2.45) is 0 Å². The molecule has 1 aliphatic rings. The number of pyridine rings is 1. The molecular formula is C13H17ClN2O3S. The molecular weight excluding hydrogens is 300 g/mol. The van der Waals surface area contributed by atoms with Crippen LogP contribution in [0.1, 0.15) is 30.1 Å². The number of aromatic nitrogens is 1. The molecule has 0 aliphatic carbocycles. The predicted molar refractivity (Wildman–Crippen MR) is 77.6 cm³/mol. The first-order chi connectivity index (χ1) is 9.43. The summed E-state index contributed by atoms with van der Waals surface area (Å²) in [6, 6.07) is 2.94. The first kappa shape index (κ1) is 15.3. The van der Waals surface area contributed by atoms with Gasteiger partial charge in [0.2, 0.25) is 0 Å². The van der Waals surface area contributed by atoms with Crippen LogP contribution in [0.5, 0.6) is 0 Å². The van der Waals surface area contributed by atoms with Gasteiger partial charge in [0.05, 0.1) is 17.1 Å². The van der Waals surface area contributed by atoms with Gasteiger partial charge in [0.15, 0.2) is 9.84 Å². The number of hydrogen-bond acceptors (Lipinski definition) is 4. The number of sulfone groups is 1. The third kappa shape index (κ3) is 3.49. The number of hydrogen-bond donors (Lipinski definition) is 0. The van der Waals surface area contributed by atoms with E-state index in [-0.39, 0.29) is 23.5 Å². The van der Waals surface area contributed by atoms with Crippen LogP contribution in [0.15, 0.2) is 18.3 Å². The molecule has 1 unspecified atom stereocenters. The number of carbonyl (C=O) groups is 1. The lowest BCUT2D eigenvalue weighted by Gasteiger charge is -2.27. The number of carbonyl (C=O) groups excluding carboxylic acids is 1. The molecule has 7 heteroatoms. The second-order valence-corrected chi connectivity index (χ2v) is 7.54. The van der Waals surface area contributed by atoms with Gasteiger partial charge in [-0.05, 0) is 25.0 Å². The van der Waals surface area contributed by atoms with Crippen molar-refractivity contribution in [1.82, 2.24) is 9.88 Å². The zero-order chi connectivity index (χ0) is 14.8. The molecule has 2 heterocycles. The SMILES string of the molecule is CCCN(C(=O)c1ccc(Cl)nc1)C1CCS(=O)(=O)C1. The monoisotopic (exact) mass is 316 g/mol. The van der Waals surface area contributed by atoms with Crippen molar-refractivity contribution in [3.8, 4) is 0 Å². The summed E-state index contributed by atoms with van der Waals surface area (Å²) in [5.74, 6) is 0.0298. The van der Waals surface area contributed by atoms with Crippen molar-refractivity contribution in [1.29, 1.82) is 0 Å². The fraction of sp³-hybridized carbons (Fsp3) is 0.538. The third-order valence-electron chi connectivity index (χ3n) is 3.35. The van der Waals surface area contributed by atoms with Crippen molar-refractivity contribution in [3.63, 3.8) is 0 Å². The van der Waals surface area contributed by atoms with E-state index in [0.29, 0.717) is 23.7 Å². The summed E-state index contributed by atoms with van der Waals surface area (Å²) in [6.07, 6.45) is 2.72. The fourth-order valence-electron chi connectivity index (χ4n) is 2.38. The molecule has 0 aromatic carbocycles. The molecule has 1 saturated heterocycles. The van der Waals surface area contributed by atoms with E-state index in [1.54, 1.807) is 17.0 Å². The second kappa shape index (κ2) is 6.10. The molecule has 1 aliphatic heterocycles. The van der Waals surface area contributed by atoms with E-state index in [2.05, 4.69) is 4.98 Å². The van der Waals surface area contributed by atoms with Gasteiger partial charge in [-0.3, -0.25) is 4.79 Å². The number of amides is 1. The Hall–Kier alpha value is -1.14. The molecule has 1 atom stereocenters. The van der Waals surface area contributed by atoms with E-state index >= 15 is 0 Å². The Balaban J connectivity index is 2.20. The summed E-state index contributed by atoms with van der Waals surface area (Å²) in [6.45, 7) is 2.51. The average molecular weight is 317 g/mol. The number of halogens is 1. The van der Waals surface area contributed by atoms with Crippen molar-refractivity contribution in [2.45, 2.75) is 25.8 Å². The predicted octanol–water partition coefficient (Wildman–Crippen LogP) is 1.77. The smallest absolute Gasteiger partial charge is 0.255 e. The van der Waals surface area contributed by atoms with Gasteiger partial charge in [0.1, 0.15) is 5.15 Å². The maximum atomic E-state index is 12.5. The van der Waals surface area contributed by atoms with Crippen LogP contribution in [0.2, 0.25) is 5.15 Å². The summed E-state index contributed by atoms with van der Waals surface area (Å²) in [5.41, 5.74) is 0.437. The highest BCUT2D eigenvalue weighted by molar-refractivity contribution is 7.91. The van der Waals surface area contributed by atoms with Gasteiger partial charge in [0, 0.05) is 18.8 Å². The molecule has 1 fully saturated rings. The Morgan fingerprint density at radius 3 is 2.75 bits per heavy atom. The quantitative estimate of drug-likeness (QED) is 0.794. The maximum Gasteiger partial charge on any atom is 0.255 e. The van der Waals surface area contributed by atoms with E-state index < -0.39 is 9.84 Å². The van der Waals surface area contributed by atoms with Gasteiger partial charge < -0.3 is 4.90 Å². The first-order valence-corrected chi connectivity index (χ1v) is 8.76. The lowest BCUT2D eigenvalue weighted by atomic mass is 10.1. The highest BCUT2D eigenvalue weighted by Gasteiger charge is 2.34. The average Bonchev–Trinajstić information content (AvgIpc) is 2.76. The van der Waals surface area contributed by atoms with Crippen LogP contribution in [0.4, 0.5) is 0 Å². The van der Waals surface area contributed by atoms with Crippen molar-refractivity contribution < 1.29 is 13.2 Å². The van der Waals surface area contributed by atoms with E-state index in [9.17, 15) is 13.2 Å². The normalized spacial score (nSPS) is 20.8. The molecule has 0 spiro atoms. The summed E-state index contributed by atoms with van der Waals surface area (Å²) >= 11 is 5.71. The van der Waals surface area contributed by atoms with Gasteiger partial charge in [0.25, 0.3) is 5.91 Å². The Morgan fingerprint density at radius 1 is 1.50 bits per heavy atom. The van der Waals surface area contributed by atoms with Gasteiger partial charge >= 0.3 is 0 Å². The minimum absolute atomic E-state index is 0.0553. The topological polar surface area (TPSA) is 67.3 Å². The first-order valence-electron chi connectivity index (χ1n) is 6.56. The fourth-order valence-corrected chi connectivity index (χ4v) is 4.22. The minimum atomic E-state index is -3.01. The van der Waals surface area contributed by atoms with Gasteiger partial charge in [-0.2, -0.15) is 0 Å². The van der Waals surface area contributed by atoms with Crippen LogP contribution in [-0.4, -0.2) is 48.3 Å². The second-order valence-electron chi connectivity index (χ2n) is 4.93. The van der Waals surface area contributed by atoms with Gasteiger partial charge in [-0.1, -0.05) is 18.5 Å². The molecule has 1 amide bonds. The molecule has 0 bridgehead atoms. The largest absolute Gasteiger partial charge is 0.335 e. The van der Waals surface area contributed by atoms with E-state index in [1.165, 1.54) is 6.20 Å². The molecule has 2 rings (SSSR count). The Morgan fingerprint density at radius 2 is 2.25 bits per heavy atom. The molecule has 1 aromatic heterocycles. The molecule has 0 N–H and O–H groups in total. The van der Waals surface area contributed by atoms with Crippen LogP contribution in [0, 0.1) is 0 Å². The molecule has 0 radical (unpaired) electrons. The molecule has 5 nitrogen and oxygen atoms in total. The van der Waals surface area contributed by atoms with Crippen molar-refractivity contribution in [3.05, 3.63) is 29.0 Å². The van der Waals surface area contributed by atoms with Crippen LogP contribution in [0.3, 0.4) is 0 Å². The van der Waals surface area contributed by atoms with Crippen LogP contribution < -0.4 is 0 Å². The zero-order valence-corrected chi connectivity index (χ0v) is 12.8. The van der Waals surface area contributed by atoms with Crippen molar-refractivity contribution >= 4 is 27.3 Å². The molecule has 1 aromatic rings. The van der Waals surface area contributed by atoms with Crippen LogP contribution >= 0.6 is 11.6 Å². The highest BCUT2D eigenvalue weighted by Crippen LogP contribution is 2.20. The third-order valence-corrected chi connectivity index (χ3v) is 5.32. The summed E-state index contributed by atoms with van der Waals surface area (Å²) in [7, 11) is -3.01. The van der Waals surface area contributed by atoms with Crippen LogP contribution in [0.25, 0.3) is 0 Å². The highest BCUT2D eigenvalue weighted by atomic mass is 35.5. The molecule has 0 saturated carbocycles. The van der Waals surface area contributed by atoms with E-state index in [1.807, 2.05) is 6.92 Å². The van der Waals surface area contributed by atoms with Crippen molar-refractivity contribution in [2.75, 3.05) is 18.1 Å². The maximum absolute atomic E-state index is 12.5. The van der Waals surface area contributed by atoms with E-state index in [0.717, 1.165) is 6.42 Å². The molecule has 110 valence electrons. The Labute approximate surface area is 123 Å². The van der Waals surface area contributed by atoms with Gasteiger partial charge in [-0.25, -0.2) is 13.4 Å². The Bertz CT molecular complexity index is 586. The zero-order valence-electron chi connectivity index (χ0n) is 11.3. The molecule has 20 heavy (non-hydrogen) atoms. The lowest BCUT2D eigenvalue weighted by Crippen LogP contribution is -2.41. The minimum Gasteiger partial charge on any atom is -0.335 e. The van der Waals surface area contributed by atoms with Gasteiger partial charge in [-0.15, -0.1) is 0 Å². The number of nitrogens with zero attached hydrogens (tertiary/aromatic N) is 2. The summed E-state index contributed by atoms with van der Waals surface area (Å²) < 4.78 is 23.2. The summed E-state index contributed by atoms with van der Waals surface area (Å²) in [4.78, 5) is 18.0. The Kier molecular flexibility index (Phi) is 4.65. The van der Waals surface area contributed by atoms with E-state index in [4.69, 9.17) is 11.6 Å². The number of rotatable bonds is 4. The standard InChI is InChI=1S/C13H17ClN2O3S/c1-2-6-16(11-5-7-20(18,19)9-11)13(17)10-3-4-12(14)15-8-10/h3-4,8,11H,2,5-7,9H2,1H3. The lowest BCUT2D eigenvalue weighted by molar-refractivity contribution is 0.0696.